The third-order valence-corrected chi connectivity index (χ3v) is 7.31. The molecule has 2 aromatic rings. The lowest BCUT2D eigenvalue weighted by atomic mass is 9.76. The van der Waals surface area contributed by atoms with Gasteiger partial charge >= 0.3 is 0 Å². The molecule has 1 heterocycles. The Morgan fingerprint density at radius 1 is 0.935 bits per heavy atom. The molecule has 4 atom stereocenters. The molecule has 0 saturated carbocycles. The van der Waals surface area contributed by atoms with Crippen molar-refractivity contribution in [3.05, 3.63) is 71.3 Å². The standard InChI is InChI=1S/C29H44N2/c1-5-11-26-18-19-31(22-28(26)20-23(4)25-12-9-8-10-13-25)21-24-14-16-27(17-15-24)29(6-2)30-7-3/h8-10,12-17,23,26,28-30H,5-7,11,18-22H2,1-4H3. The van der Waals surface area contributed by atoms with E-state index < -0.39 is 0 Å². The summed E-state index contributed by atoms with van der Waals surface area (Å²) in [4.78, 5) is 2.71. The van der Waals surface area contributed by atoms with Crippen molar-refractivity contribution in [1.82, 2.24) is 10.2 Å². The molecule has 4 unspecified atom stereocenters. The minimum absolute atomic E-state index is 0.479. The molecule has 0 aromatic heterocycles. The first-order valence-corrected chi connectivity index (χ1v) is 12.7. The van der Waals surface area contributed by atoms with Crippen LogP contribution in [0, 0.1) is 11.8 Å². The Bertz CT molecular complexity index is 739. The van der Waals surface area contributed by atoms with Crippen LogP contribution in [0.1, 0.15) is 88.4 Å². The largest absolute Gasteiger partial charge is 0.310 e. The van der Waals surface area contributed by atoms with Crippen LogP contribution in [-0.4, -0.2) is 24.5 Å². The zero-order chi connectivity index (χ0) is 22.1. The number of piperidine rings is 1. The summed E-state index contributed by atoms with van der Waals surface area (Å²) in [5, 5.41) is 3.59. The zero-order valence-electron chi connectivity index (χ0n) is 20.3. The van der Waals surface area contributed by atoms with E-state index in [0.717, 1.165) is 31.3 Å². The van der Waals surface area contributed by atoms with E-state index in [4.69, 9.17) is 0 Å². The van der Waals surface area contributed by atoms with Gasteiger partial charge in [-0.15, -0.1) is 0 Å². The fraction of sp³-hybridized carbons (Fsp3) is 0.586. The van der Waals surface area contributed by atoms with Crippen molar-refractivity contribution >= 4 is 0 Å². The molecule has 2 aromatic carbocycles. The monoisotopic (exact) mass is 420 g/mol. The quantitative estimate of drug-likeness (QED) is 0.414. The van der Waals surface area contributed by atoms with Crippen molar-refractivity contribution in [3.8, 4) is 0 Å². The second-order valence-corrected chi connectivity index (χ2v) is 9.64. The summed E-state index contributed by atoms with van der Waals surface area (Å²) in [5.41, 5.74) is 4.37. The van der Waals surface area contributed by atoms with Gasteiger partial charge in [-0.05, 0) is 66.8 Å². The molecule has 0 amide bonds. The molecule has 1 saturated heterocycles. The minimum atomic E-state index is 0.479. The molecule has 0 spiro atoms. The molecule has 0 bridgehead atoms. The van der Waals surface area contributed by atoms with E-state index in [9.17, 15) is 0 Å². The molecule has 170 valence electrons. The summed E-state index contributed by atoms with van der Waals surface area (Å²) >= 11 is 0. The van der Waals surface area contributed by atoms with Gasteiger partial charge in [0.1, 0.15) is 0 Å². The normalized spacial score (nSPS) is 21.7. The van der Waals surface area contributed by atoms with Gasteiger partial charge in [0.05, 0.1) is 0 Å². The SMILES string of the molecule is CCCC1CCN(Cc2ccc(C(CC)NCC)cc2)CC1CC(C)c1ccccc1. The number of hydrogen-bond donors (Lipinski definition) is 1. The van der Waals surface area contributed by atoms with Crippen LogP contribution in [0.3, 0.4) is 0 Å². The predicted molar refractivity (Wildman–Crippen MR) is 134 cm³/mol. The van der Waals surface area contributed by atoms with Gasteiger partial charge in [-0.2, -0.15) is 0 Å². The highest BCUT2D eigenvalue weighted by atomic mass is 15.1. The number of benzene rings is 2. The number of nitrogens with zero attached hydrogens (tertiary/aromatic N) is 1. The molecule has 31 heavy (non-hydrogen) atoms. The third-order valence-electron chi connectivity index (χ3n) is 7.31. The second-order valence-electron chi connectivity index (χ2n) is 9.64. The molecule has 1 aliphatic rings. The van der Waals surface area contributed by atoms with Crippen LogP contribution in [0.5, 0.6) is 0 Å². The second kappa shape index (κ2) is 12.4. The first kappa shape index (κ1) is 24.0. The van der Waals surface area contributed by atoms with Crippen molar-refractivity contribution in [2.45, 2.75) is 78.3 Å². The van der Waals surface area contributed by atoms with Crippen LogP contribution >= 0.6 is 0 Å². The molecule has 2 heteroatoms. The minimum Gasteiger partial charge on any atom is -0.310 e. The van der Waals surface area contributed by atoms with Crippen molar-refractivity contribution in [1.29, 1.82) is 0 Å². The van der Waals surface area contributed by atoms with Crippen molar-refractivity contribution in [3.63, 3.8) is 0 Å². The van der Waals surface area contributed by atoms with E-state index in [1.54, 1.807) is 0 Å². The Kier molecular flexibility index (Phi) is 9.61. The van der Waals surface area contributed by atoms with Crippen LogP contribution in [0.4, 0.5) is 0 Å². The first-order valence-electron chi connectivity index (χ1n) is 12.7. The maximum atomic E-state index is 3.59. The Morgan fingerprint density at radius 3 is 2.32 bits per heavy atom. The highest BCUT2D eigenvalue weighted by Crippen LogP contribution is 2.35. The Hall–Kier alpha value is -1.64. The van der Waals surface area contributed by atoms with E-state index in [1.807, 2.05) is 0 Å². The third kappa shape index (κ3) is 6.92. The van der Waals surface area contributed by atoms with Crippen LogP contribution in [-0.2, 0) is 6.54 Å². The molecular weight excluding hydrogens is 376 g/mol. The molecule has 1 aliphatic heterocycles. The molecule has 0 radical (unpaired) electrons. The summed E-state index contributed by atoms with van der Waals surface area (Å²) in [6.45, 7) is 13.8. The summed E-state index contributed by atoms with van der Waals surface area (Å²) in [6.07, 6.45) is 6.51. The van der Waals surface area contributed by atoms with Crippen molar-refractivity contribution in [2.24, 2.45) is 11.8 Å². The maximum Gasteiger partial charge on any atom is 0.0317 e. The smallest absolute Gasteiger partial charge is 0.0317 e. The van der Waals surface area contributed by atoms with Crippen LogP contribution < -0.4 is 5.32 Å². The molecule has 3 rings (SSSR count). The van der Waals surface area contributed by atoms with Gasteiger partial charge in [-0.3, -0.25) is 4.90 Å². The van der Waals surface area contributed by atoms with Crippen LogP contribution in [0.2, 0.25) is 0 Å². The van der Waals surface area contributed by atoms with Gasteiger partial charge in [0.2, 0.25) is 0 Å². The Labute approximate surface area is 191 Å². The van der Waals surface area contributed by atoms with Gasteiger partial charge in [0.15, 0.2) is 0 Å². The molecule has 2 nitrogen and oxygen atoms in total. The van der Waals surface area contributed by atoms with Gasteiger partial charge in [-0.1, -0.05) is 95.1 Å². The Balaban J connectivity index is 1.62. The first-order chi connectivity index (χ1) is 15.1. The van der Waals surface area contributed by atoms with E-state index in [-0.39, 0.29) is 0 Å². The molecular formula is C29H44N2. The van der Waals surface area contributed by atoms with E-state index >= 15 is 0 Å². The number of nitrogens with one attached hydrogen (secondary N) is 1. The highest BCUT2D eigenvalue weighted by molar-refractivity contribution is 5.25. The lowest BCUT2D eigenvalue weighted by Gasteiger charge is -2.40. The average Bonchev–Trinajstić information content (AvgIpc) is 2.80. The van der Waals surface area contributed by atoms with Crippen LogP contribution in [0.25, 0.3) is 0 Å². The zero-order valence-corrected chi connectivity index (χ0v) is 20.3. The van der Waals surface area contributed by atoms with Gasteiger partial charge in [-0.25, -0.2) is 0 Å². The molecule has 1 fully saturated rings. The van der Waals surface area contributed by atoms with Gasteiger partial charge in [0, 0.05) is 19.1 Å². The van der Waals surface area contributed by atoms with Crippen molar-refractivity contribution in [2.75, 3.05) is 19.6 Å². The summed E-state index contributed by atoms with van der Waals surface area (Å²) in [6, 6.07) is 21.0. The van der Waals surface area contributed by atoms with Gasteiger partial charge < -0.3 is 5.32 Å². The predicted octanol–water partition coefficient (Wildman–Crippen LogP) is 7.18. The summed E-state index contributed by atoms with van der Waals surface area (Å²) in [7, 11) is 0. The van der Waals surface area contributed by atoms with E-state index in [1.165, 1.54) is 55.5 Å². The van der Waals surface area contributed by atoms with E-state index in [0.29, 0.717) is 12.0 Å². The Morgan fingerprint density at radius 2 is 1.68 bits per heavy atom. The van der Waals surface area contributed by atoms with Crippen LogP contribution in [0.15, 0.2) is 54.6 Å². The topological polar surface area (TPSA) is 15.3 Å². The average molecular weight is 421 g/mol. The lowest BCUT2D eigenvalue weighted by molar-refractivity contribution is 0.0975. The molecule has 0 aliphatic carbocycles. The summed E-state index contributed by atoms with van der Waals surface area (Å²) < 4.78 is 0. The van der Waals surface area contributed by atoms with E-state index in [2.05, 4.69) is 92.5 Å². The molecule has 1 N–H and O–H groups in total. The lowest BCUT2D eigenvalue weighted by Crippen LogP contribution is -2.40. The highest BCUT2D eigenvalue weighted by Gasteiger charge is 2.30. The maximum absolute atomic E-state index is 3.59. The van der Waals surface area contributed by atoms with Crippen molar-refractivity contribution < 1.29 is 0 Å². The number of hydrogen-bond acceptors (Lipinski definition) is 2. The van der Waals surface area contributed by atoms with Gasteiger partial charge in [0.25, 0.3) is 0 Å². The number of likely N-dealkylation sites (tertiary alicyclic amines) is 1. The fourth-order valence-corrected chi connectivity index (χ4v) is 5.55. The summed E-state index contributed by atoms with van der Waals surface area (Å²) in [5.74, 6) is 2.34. The number of rotatable bonds is 11. The fourth-order valence-electron chi connectivity index (χ4n) is 5.55.